The fourth-order valence-corrected chi connectivity index (χ4v) is 2.65. The highest BCUT2D eigenvalue weighted by molar-refractivity contribution is 7.98. The van der Waals surface area contributed by atoms with Gasteiger partial charge in [-0.1, -0.05) is 17.7 Å². The average Bonchev–Trinajstić information content (AvgIpc) is 2.30. The van der Waals surface area contributed by atoms with Gasteiger partial charge in [-0.05, 0) is 43.5 Å². The van der Waals surface area contributed by atoms with E-state index < -0.39 is 0 Å². The van der Waals surface area contributed by atoms with E-state index in [1.807, 2.05) is 23.9 Å². The molecule has 1 unspecified atom stereocenters. The second-order valence-electron chi connectivity index (χ2n) is 4.23. The van der Waals surface area contributed by atoms with Gasteiger partial charge in [0.2, 0.25) is 0 Å². The molecule has 1 atom stereocenters. The Labute approximate surface area is 114 Å². The van der Waals surface area contributed by atoms with Crippen molar-refractivity contribution >= 4 is 23.4 Å². The van der Waals surface area contributed by atoms with Crippen molar-refractivity contribution in [1.29, 1.82) is 0 Å². The lowest BCUT2D eigenvalue weighted by Gasteiger charge is -2.28. The Kier molecular flexibility index (Phi) is 6.34. The van der Waals surface area contributed by atoms with E-state index >= 15 is 0 Å². The molecule has 1 aromatic carbocycles. The molecule has 0 radical (unpaired) electrons. The largest absolute Gasteiger partial charge is 0.329 e. The highest BCUT2D eigenvalue weighted by atomic mass is 35.5. The summed E-state index contributed by atoms with van der Waals surface area (Å²) < 4.78 is 0. The fraction of sp³-hybridized carbons (Fsp3) is 0.538. The van der Waals surface area contributed by atoms with Gasteiger partial charge in [0.25, 0.3) is 0 Å². The molecule has 0 aliphatic rings. The van der Waals surface area contributed by atoms with Crippen molar-refractivity contribution in [3.8, 4) is 0 Å². The third kappa shape index (κ3) is 4.18. The zero-order valence-electron chi connectivity index (χ0n) is 10.7. The molecule has 0 spiro atoms. The van der Waals surface area contributed by atoms with Crippen LogP contribution in [0, 0.1) is 6.92 Å². The second-order valence-corrected chi connectivity index (χ2v) is 5.65. The Morgan fingerprint density at radius 3 is 2.71 bits per heavy atom. The molecule has 1 aromatic rings. The molecule has 0 saturated carbocycles. The predicted molar refractivity (Wildman–Crippen MR) is 79.0 cm³/mol. The van der Waals surface area contributed by atoms with Crippen LogP contribution >= 0.6 is 23.4 Å². The molecule has 0 fully saturated rings. The molecule has 1 rings (SSSR count). The third-order valence-electron chi connectivity index (χ3n) is 2.99. The maximum Gasteiger partial charge on any atom is 0.0470 e. The van der Waals surface area contributed by atoms with Gasteiger partial charge in [-0.3, -0.25) is 4.90 Å². The first-order chi connectivity index (χ1) is 8.10. The monoisotopic (exact) mass is 272 g/mol. The first-order valence-corrected chi connectivity index (χ1v) is 7.52. The molecule has 0 aliphatic carbocycles. The van der Waals surface area contributed by atoms with Gasteiger partial charge in [0.05, 0.1) is 0 Å². The van der Waals surface area contributed by atoms with E-state index in [0.29, 0.717) is 6.54 Å². The Balaban J connectivity index is 2.85. The predicted octanol–water partition coefficient (Wildman–Crippen LogP) is 2.94. The summed E-state index contributed by atoms with van der Waals surface area (Å²) in [6, 6.07) is 6.31. The molecular weight excluding hydrogens is 252 g/mol. The molecule has 0 aromatic heterocycles. The van der Waals surface area contributed by atoms with Crippen molar-refractivity contribution in [3.63, 3.8) is 0 Å². The van der Waals surface area contributed by atoms with Crippen LogP contribution in [0.25, 0.3) is 0 Å². The second kappa shape index (κ2) is 7.27. The number of hydrogen-bond donors (Lipinski definition) is 1. The molecule has 0 heterocycles. The van der Waals surface area contributed by atoms with Gasteiger partial charge in [0.1, 0.15) is 0 Å². The van der Waals surface area contributed by atoms with Crippen LogP contribution in [0.2, 0.25) is 5.02 Å². The van der Waals surface area contributed by atoms with E-state index in [2.05, 4.69) is 31.2 Å². The number of thioether (sulfide) groups is 1. The van der Waals surface area contributed by atoms with E-state index in [1.54, 1.807) is 0 Å². The lowest BCUT2D eigenvalue weighted by Crippen LogP contribution is -2.32. The van der Waals surface area contributed by atoms with Crippen molar-refractivity contribution < 1.29 is 0 Å². The summed E-state index contributed by atoms with van der Waals surface area (Å²) in [5, 5.41) is 0.786. The number of aryl methyl sites for hydroxylation is 1. The standard InChI is InChI=1S/C13H21ClN2S/c1-10-8-11(14)4-5-12(10)13(9-15)16(2)6-7-17-3/h4-5,8,13H,6-7,9,15H2,1-3H3. The lowest BCUT2D eigenvalue weighted by molar-refractivity contribution is 0.265. The summed E-state index contributed by atoms with van der Waals surface area (Å²) in [6.45, 7) is 3.77. The summed E-state index contributed by atoms with van der Waals surface area (Å²) in [5.41, 5.74) is 8.39. The van der Waals surface area contributed by atoms with Gasteiger partial charge in [0.15, 0.2) is 0 Å². The molecular formula is C13H21ClN2S. The van der Waals surface area contributed by atoms with Gasteiger partial charge in [-0.15, -0.1) is 0 Å². The SMILES string of the molecule is CSCCN(C)C(CN)c1ccc(Cl)cc1C. The van der Waals surface area contributed by atoms with E-state index in [1.165, 1.54) is 11.1 Å². The molecule has 2 N–H and O–H groups in total. The number of hydrogen-bond acceptors (Lipinski definition) is 3. The van der Waals surface area contributed by atoms with Crippen LogP contribution < -0.4 is 5.73 Å². The third-order valence-corrected chi connectivity index (χ3v) is 3.82. The minimum Gasteiger partial charge on any atom is -0.329 e. The topological polar surface area (TPSA) is 29.3 Å². The minimum atomic E-state index is 0.277. The van der Waals surface area contributed by atoms with Gasteiger partial charge in [-0.25, -0.2) is 0 Å². The van der Waals surface area contributed by atoms with E-state index in [-0.39, 0.29) is 6.04 Å². The molecule has 17 heavy (non-hydrogen) atoms. The van der Waals surface area contributed by atoms with Crippen LogP contribution in [0.15, 0.2) is 18.2 Å². The van der Waals surface area contributed by atoms with Crippen LogP contribution in [0.3, 0.4) is 0 Å². The highest BCUT2D eigenvalue weighted by Gasteiger charge is 2.16. The maximum absolute atomic E-state index is 5.98. The summed E-state index contributed by atoms with van der Waals surface area (Å²) in [5.74, 6) is 1.12. The quantitative estimate of drug-likeness (QED) is 0.863. The Hall–Kier alpha value is -0.220. The summed E-state index contributed by atoms with van der Waals surface area (Å²) in [6.07, 6.45) is 2.12. The molecule has 0 amide bonds. The molecule has 4 heteroatoms. The van der Waals surface area contributed by atoms with E-state index in [4.69, 9.17) is 17.3 Å². The fourth-order valence-electron chi connectivity index (χ4n) is 1.95. The van der Waals surface area contributed by atoms with E-state index in [0.717, 1.165) is 17.3 Å². The van der Waals surface area contributed by atoms with Crippen molar-refractivity contribution in [2.24, 2.45) is 5.73 Å². The van der Waals surface area contributed by atoms with E-state index in [9.17, 15) is 0 Å². The van der Waals surface area contributed by atoms with Crippen molar-refractivity contribution in [1.82, 2.24) is 4.90 Å². The summed E-state index contributed by atoms with van der Waals surface area (Å²) in [4.78, 5) is 2.31. The van der Waals surface area contributed by atoms with Crippen LogP contribution in [-0.2, 0) is 0 Å². The number of halogens is 1. The Morgan fingerprint density at radius 2 is 2.18 bits per heavy atom. The number of rotatable bonds is 6. The molecule has 0 bridgehead atoms. The Bertz CT molecular complexity index is 357. The number of likely N-dealkylation sites (N-methyl/N-ethyl adjacent to an activating group) is 1. The van der Waals surface area contributed by atoms with Gasteiger partial charge < -0.3 is 5.73 Å². The maximum atomic E-state index is 5.98. The van der Waals surface area contributed by atoms with Gasteiger partial charge >= 0.3 is 0 Å². The summed E-state index contributed by atoms with van der Waals surface area (Å²) >= 11 is 7.84. The lowest BCUT2D eigenvalue weighted by atomic mass is 10.0. The van der Waals surface area contributed by atoms with Crippen LogP contribution in [0.4, 0.5) is 0 Å². The number of nitrogens with two attached hydrogens (primary N) is 1. The smallest absolute Gasteiger partial charge is 0.0470 e. The summed E-state index contributed by atoms with van der Waals surface area (Å²) in [7, 11) is 2.13. The van der Waals surface area contributed by atoms with Crippen LogP contribution in [0.5, 0.6) is 0 Å². The normalized spacial score (nSPS) is 13.1. The van der Waals surface area contributed by atoms with Crippen molar-refractivity contribution in [2.75, 3.05) is 32.1 Å². The van der Waals surface area contributed by atoms with Crippen LogP contribution in [-0.4, -0.2) is 37.0 Å². The molecule has 96 valence electrons. The van der Waals surface area contributed by atoms with Gasteiger partial charge in [0, 0.05) is 29.9 Å². The number of benzene rings is 1. The Morgan fingerprint density at radius 1 is 1.47 bits per heavy atom. The zero-order chi connectivity index (χ0) is 12.8. The van der Waals surface area contributed by atoms with Crippen LogP contribution in [0.1, 0.15) is 17.2 Å². The molecule has 0 aliphatic heterocycles. The zero-order valence-corrected chi connectivity index (χ0v) is 12.3. The molecule has 0 saturated heterocycles. The van der Waals surface area contributed by atoms with Crippen molar-refractivity contribution in [2.45, 2.75) is 13.0 Å². The average molecular weight is 273 g/mol. The first kappa shape index (κ1) is 14.8. The molecule has 2 nitrogen and oxygen atoms in total. The first-order valence-electron chi connectivity index (χ1n) is 5.75. The minimum absolute atomic E-state index is 0.277. The van der Waals surface area contributed by atoms with Crippen molar-refractivity contribution in [3.05, 3.63) is 34.3 Å². The van der Waals surface area contributed by atoms with Gasteiger partial charge in [-0.2, -0.15) is 11.8 Å². The number of nitrogens with zero attached hydrogens (tertiary/aromatic N) is 1. The highest BCUT2D eigenvalue weighted by Crippen LogP contribution is 2.24.